The van der Waals surface area contributed by atoms with Crippen LogP contribution in [0.3, 0.4) is 0 Å². The molecule has 1 aromatic heterocycles. The van der Waals surface area contributed by atoms with Crippen molar-refractivity contribution in [3.63, 3.8) is 0 Å². The van der Waals surface area contributed by atoms with Crippen LogP contribution in [0.5, 0.6) is 5.75 Å². The predicted molar refractivity (Wildman–Crippen MR) is 80.1 cm³/mol. The second-order valence-corrected chi connectivity index (χ2v) is 4.69. The smallest absolute Gasteiger partial charge is 0.152 e. The number of para-hydroxylation sites is 1. The van der Waals surface area contributed by atoms with Gasteiger partial charge in [0, 0.05) is 24.5 Å². The van der Waals surface area contributed by atoms with Crippen molar-refractivity contribution in [1.29, 1.82) is 0 Å². The molecule has 0 fully saturated rings. The lowest BCUT2D eigenvalue weighted by Crippen LogP contribution is -2.33. The van der Waals surface area contributed by atoms with E-state index in [0.29, 0.717) is 0 Å². The highest BCUT2D eigenvalue weighted by Gasteiger charge is 2.17. The largest absolute Gasteiger partial charge is 0.482 e. The fourth-order valence-electron chi connectivity index (χ4n) is 2.27. The second kappa shape index (κ2) is 5.74. The van der Waals surface area contributed by atoms with Gasteiger partial charge >= 0.3 is 0 Å². The first-order valence-electron chi connectivity index (χ1n) is 6.79. The first-order valence-corrected chi connectivity index (χ1v) is 6.79. The minimum absolute atomic E-state index is 0.0690. The minimum atomic E-state index is -0.0690. The molecule has 1 unspecified atom stereocenters. The van der Waals surface area contributed by atoms with Gasteiger partial charge in [0.25, 0.3) is 0 Å². The van der Waals surface area contributed by atoms with E-state index in [2.05, 4.69) is 21.4 Å². The normalized spacial score (nSPS) is 15.3. The third kappa shape index (κ3) is 2.64. The summed E-state index contributed by atoms with van der Waals surface area (Å²) in [6.45, 7) is 3.74. The Hall–Kier alpha value is -2.36. The quantitative estimate of drug-likeness (QED) is 0.926. The number of rotatable bonds is 4. The van der Waals surface area contributed by atoms with Gasteiger partial charge in [-0.2, -0.15) is 0 Å². The zero-order valence-electron chi connectivity index (χ0n) is 11.4. The maximum atomic E-state index is 6.07. The average Bonchev–Trinajstić information content (AvgIpc) is 3.03. The van der Waals surface area contributed by atoms with E-state index in [9.17, 15) is 0 Å². The Morgan fingerprint density at radius 1 is 1.15 bits per heavy atom. The number of hydrogen-bond donors (Lipinski definition) is 1. The average molecular weight is 267 g/mol. The summed E-state index contributed by atoms with van der Waals surface area (Å²) < 4.78 is 6.07. The molecule has 20 heavy (non-hydrogen) atoms. The standard InChI is InChI=1S/C16H17N3O/c1-12(16-18-10-11-19-16)20-15-5-3-2-4-14(15)13-6-8-17-9-7-13/h2-9,12H,10-11H2,1H3,(H,18,19). The number of aliphatic imine (C=N–C) groups is 1. The number of amidine groups is 1. The van der Waals surface area contributed by atoms with Crippen LogP contribution in [0.15, 0.2) is 53.8 Å². The highest BCUT2D eigenvalue weighted by atomic mass is 16.5. The van der Waals surface area contributed by atoms with E-state index in [0.717, 1.165) is 35.8 Å². The maximum Gasteiger partial charge on any atom is 0.152 e. The molecule has 0 bridgehead atoms. The summed E-state index contributed by atoms with van der Waals surface area (Å²) in [7, 11) is 0. The number of ether oxygens (including phenoxy) is 1. The fourth-order valence-corrected chi connectivity index (χ4v) is 2.27. The molecule has 1 atom stereocenters. The molecule has 102 valence electrons. The summed E-state index contributed by atoms with van der Waals surface area (Å²) in [4.78, 5) is 8.46. The Morgan fingerprint density at radius 3 is 2.70 bits per heavy atom. The number of hydrogen-bond acceptors (Lipinski definition) is 4. The molecule has 0 amide bonds. The molecule has 4 nitrogen and oxygen atoms in total. The van der Waals surface area contributed by atoms with Crippen molar-refractivity contribution in [1.82, 2.24) is 10.3 Å². The lowest BCUT2D eigenvalue weighted by atomic mass is 10.1. The molecule has 4 heteroatoms. The van der Waals surface area contributed by atoms with Crippen LogP contribution < -0.4 is 10.1 Å². The van der Waals surface area contributed by atoms with E-state index in [4.69, 9.17) is 4.74 Å². The fraction of sp³-hybridized carbons (Fsp3) is 0.250. The molecule has 0 saturated carbocycles. The molecule has 0 saturated heterocycles. The molecular weight excluding hydrogens is 250 g/mol. The third-order valence-corrected chi connectivity index (χ3v) is 3.27. The van der Waals surface area contributed by atoms with Crippen molar-refractivity contribution in [3.05, 3.63) is 48.8 Å². The number of aromatic nitrogens is 1. The molecule has 0 spiro atoms. The van der Waals surface area contributed by atoms with Crippen LogP contribution in [0.25, 0.3) is 11.1 Å². The Morgan fingerprint density at radius 2 is 1.95 bits per heavy atom. The van der Waals surface area contributed by atoms with Crippen LogP contribution in [0.4, 0.5) is 0 Å². The van der Waals surface area contributed by atoms with Gasteiger partial charge in [0.1, 0.15) is 11.6 Å². The summed E-state index contributed by atoms with van der Waals surface area (Å²) in [5.74, 6) is 1.79. The summed E-state index contributed by atoms with van der Waals surface area (Å²) in [5, 5.41) is 3.25. The van der Waals surface area contributed by atoms with Gasteiger partial charge in [-0.25, -0.2) is 0 Å². The Kier molecular flexibility index (Phi) is 3.63. The molecular formula is C16H17N3O. The van der Waals surface area contributed by atoms with Crippen molar-refractivity contribution in [3.8, 4) is 16.9 Å². The molecule has 0 radical (unpaired) electrons. The highest BCUT2D eigenvalue weighted by Crippen LogP contribution is 2.30. The number of benzene rings is 1. The van der Waals surface area contributed by atoms with Crippen molar-refractivity contribution < 1.29 is 4.74 Å². The van der Waals surface area contributed by atoms with Gasteiger partial charge in [-0.1, -0.05) is 18.2 Å². The van der Waals surface area contributed by atoms with E-state index >= 15 is 0 Å². The van der Waals surface area contributed by atoms with Crippen molar-refractivity contribution in [2.24, 2.45) is 4.99 Å². The summed E-state index contributed by atoms with van der Waals surface area (Å²) in [5.41, 5.74) is 2.17. The van der Waals surface area contributed by atoms with Gasteiger partial charge < -0.3 is 10.1 Å². The molecule has 1 aliphatic heterocycles. The first kappa shape index (κ1) is 12.7. The zero-order chi connectivity index (χ0) is 13.8. The van der Waals surface area contributed by atoms with Crippen molar-refractivity contribution in [2.45, 2.75) is 13.0 Å². The molecule has 0 aliphatic carbocycles. The van der Waals surface area contributed by atoms with Crippen molar-refractivity contribution in [2.75, 3.05) is 13.1 Å². The van der Waals surface area contributed by atoms with Crippen LogP contribution in [-0.4, -0.2) is 30.0 Å². The van der Waals surface area contributed by atoms with Gasteiger partial charge in [-0.15, -0.1) is 0 Å². The third-order valence-electron chi connectivity index (χ3n) is 3.27. The topological polar surface area (TPSA) is 46.5 Å². The van der Waals surface area contributed by atoms with Crippen LogP contribution in [-0.2, 0) is 0 Å². The molecule has 2 aromatic rings. The van der Waals surface area contributed by atoms with E-state index in [1.54, 1.807) is 12.4 Å². The lowest BCUT2D eigenvalue weighted by Gasteiger charge is -2.17. The van der Waals surface area contributed by atoms with Gasteiger partial charge in [-0.3, -0.25) is 9.98 Å². The monoisotopic (exact) mass is 267 g/mol. The molecule has 3 rings (SSSR count). The van der Waals surface area contributed by atoms with Gasteiger partial charge in [-0.05, 0) is 30.7 Å². The van der Waals surface area contributed by atoms with Crippen LogP contribution in [0, 0.1) is 0 Å². The van der Waals surface area contributed by atoms with E-state index in [1.165, 1.54) is 0 Å². The second-order valence-electron chi connectivity index (χ2n) is 4.69. The lowest BCUT2D eigenvalue weighted by molar-refractivity contribution is 0.285. The van der Waals surface area contributed by atoms with Crippen LogP contribution in [0.2, 0.25) is 0 Å². The molecule has 1 aromatic carbocycles. The predicted octanol–water partition coefficient (Wildman–Crippen LogP) is 2.52. The number of pyridine rings is 1. The van der Waals surface area contributed by atoms with Crippen LogP contribution in [0.1, 0.15) is 6.92 Å². The zero-order valence-corrected chi connectivity index (χ0v) is 11.4. The SMILES string of the molecule is CC(Oc1ccccc1-c1ccncc1)C1=NCCN1. The first-order chi connectivity index (χ1) is 9.84. The minimum Gasteiger partial charge on any atom is -0.482 e. The van der Waals surface area contributed by atoms with Crippen molar-refractivity contribution >= 4 is 5.84 Å². The molecule has 1 aliphatic rings. The van der Waals surface area contributed by atoms with E-state index < -0.39 is 0 Å². The Labute approximate surface area is 118 Å². The molecule has 1 N–H and O–H groups in total. The van der Waals surface area contributed by atoms with Gasteiger partial charge in [0.15, 0.2) is 6.10 Å². The van der Waals surface area contributed by atoms with E-state index in [-0.39, 0.29) is 6.10 Å². The summed E-state index contributed by atoms with van der Waals surface area (Å²) >= 11 is 0. The number of nitrogens with one attached hydrogen (secondary N) is 1. The van der Waals surface area contributed by atoms with Gasteiger partial charge in [0.05, 0.1) is 6.54 Å². The Balaban J connectivity index is 1.87. The van der Waals surface area contributed by atoms with Crippen LogP contribution >= 0.6 is 0 Å². The maximum absolute atomic E-state index is 6.07. The molecule has 2 heterocycles. The summed E-state index contributed by atoms with van der Waals surface area (Å²) in [6.07, 6.45) is 3.51. The van der Waals surface area contributed by atoms with Gasteiger partial charge in [0.2, 0.25) is 0 Å². The number of nitrogens with zero attached hydrogens (tertiary/aromatic N) is 2. The Bertz CT molecular complexity index is 610. The summed E-state index contributed by atoms with van der Waals surface area (Å²) in [6, 6.07) is 12.0. The van der Waals surface area contributed by atoms with E-state index in [1.807, 2.05) is 37.3 Å². The highest BCUT2D eigenvalue weighted by molar-refractivity contribution is 5.88.